The first-order chi connectivity index (χ1) is 11.7. The van der Waals surface area contributed by atoms with Gasteiger partial charge >= 0.3 is 11.9 Å². The van der Waals surface area contributed by atoms with E-state index in [1.54, 1.807) is 54.6 Å². The fourth-order valence-corrected chi connectivity index (χ4v) is 2.01. The second-order valence-electron chi connectivity index (χ2n) is 4.95. The number of hydrogen-bond donors (Lipinski definition) is 0. The molecule has 0 fully saturated rings. The number of para-hydroxylation sites is 1. The lowest BCUT2D eigenvalue weighted by atomic mass is 10.1. The first kappa shape index (κ1) is 15.6. The highest BCUT2D eigenvalue weighted by Crippen LogP contribution is 2.13. The Morgan fingerprint density at radius 1 is 0.833 bits per heavy atom. The molecule has 3 aromatic rings. The minimum atomic E-state index is -0.535. The van der Waals surface area contributed by atoms with Gasteiger partial charge in [-0.15, -0.1) is 0 Å². The Labute approximate surface area is 138 Å². The van der Waals surface area contributed by atoms with Crippen LogP contribution in [0.1, 0.15) is 26.5 Å². The summed E-state index contributed by atoms with van der Waals surface area (Å²) in [4.78, 5) is 23.7. The average Bonchev–Trinajstić information content (AvgIpc) is 3.16. The number of furan rings is 1. The summed E-state index contributed by atoms with van der Waals surface area (Å²) < 4.78 is 15.3. The van der Waals surface area contributed by atoms with E-state index in [9.17, 15) is 9.59 Å². The van der Waals surface area contributed by atoms with E-state index < -0.39 is 11.9 Å². The summed E-state index contributed by atoms with van der Waals surface area (Å²) in [6, 6.07) is 18.7. The number of rotatable bonds is 5. The van der Waals surface area contributed by atoms with Crippen LogP contribution in [0.3, 0.4) is 0 Å². The van der Waals surface area contributed by atoms with Gasteiger partial charge in [0.2, 0.25) is 5.76 Å². The van der Waals surface area contributed by atoms with Crippen molar-refractivity contribution in [1.29, 1.82) is 0 Å². The SMILES string of the molecule is O=C(Oc1ccccc1)c1ccc(COC(=O)c2ccco2)cc1. The smallest absolute Gasteiger partial charge is 0.374 e. The first-order valence-corrected chi connectivity index (χ1v) is 7.29. The number of ether oxygens (including phenoxy) is 2. The van der Waals surface area contributed by atoms with E-state index in [1.807, 2.05) is 6.07 Å². The lowest BCUT2D eigenvalue weighted by Crippen LogP contribution is -2.08. The van der Waals surface area contributed by atoms with Crippen molar-refractivity contribution in [3.63, 3.8) is 0 Å². The van der Waals surface area contributed by atoms with Gasteiger partial charge in [0.1, 0.15) is 12.4 Å². The molecule has 0 aliphatic heterocycles. The number of benzene rings is 2. The number of esters is 2. The summed E-state index contributed by atoms with van der Waals surface area (Å²) in [5.74, 6) is -0.343. The number of carbonyl (C=O) groups excluding carboxylic acids is 2. The van der Waals surface area contributed by atoms with E-state index in [1.165, 1.54) is 12.3 Å². The number of carbonyl (C=O) groups is 2. The summed E-state index contributed by atoms with van der Waals surface area (Å²) in [6.45, 7) is 0.0908. The van der Waals surface area contributed by atoms with Gasteiger partial charge in [0.15, 0.2) is 0 Å². The van der Waals surface area contributed by atoms with E-state index in [0.29, 0.717) is 11.3 Å². The van der Waals surface area contributed by atoms with Crippen molar-refractivity contribution in [2.75, 3.05) is 0 Å². The Balaban J connectivity index is 1.57. The quantitative estimate of drug-likeness (QED) is 0.527. The normalized spacial score (nSPS) is 10.2. The van der Waals surface area contributed by atoms with Crippen LogP contribution in [0.2, 0.25) is 0 Å². The Kier molecular flexibility index (Phi) is 4.72. The Hall–Kier alpha value is -3.34. The molecule has 0 amide bonds. The van der Waals surface area contributed by atoms with Gasteiger partial charge < -0.3 is 13.9 Å². The highest BCUT2D eigenvalue weighted by Gasteiger charge is 2.11. The molecule has 5 heteroatoms. The third-order valence-corrected chi connectivity index (χ3v) is 3.24. The Morgan fingerprint density at radius 3 is 2.25 bits per heavy atom. The zero-order chi connectivity index (χ0) is 16.8. The summed E-state index contributed by atoms with van der Waals surface area (Å²) in [7, 11) is 0. The van der Waals surface area contributed by atoms with Gasteiger partial charge in [0, 0.05) is 0 Å². The predicted octanol–water partition coefficient (Wildman–Crippen LogP) is 3.86. The molecule has 0 N–H and O–H groups in total. The summed E-state index contributed by atoms with van der Waals surface area (Å²) in [6.07, 6.45) is 1.41. The molecule has 0 radical (unpaired) electrons. The van der Waals surface area contributed by atoms with Crippen LogP contribution in [-0.4, -0.2) is 11.9 Å². The van der Waals surface area contributed by atoms with Gasteiger partial charge in [-0.1, -0.05) is 30.3 Å². The molecule has 2 aromatic carbocycles. The van der Waals surface area contributed by atoms with Crippen molar-refractivity contribution >= 4 is 11.9 Å². The van der Waals surface area contributed by atoms with E-state index >= 15 is 0 Å². The third kappa shape index (κ3) is 3.89. The lowest BCUT2D eigenvalue weighted by Gasteiger charge is -2.06. The van der Waals surface area contributed by atoms with Gasteiger partial charge in [-0.2, -0.15) is 0 Å². The van der Waals surface area contributed by atoms with Crippen molar-refractivity contribution in [3.8, 4) is 5.75 Å². The van der Waals surface area contributed by atoms with Gasteiger partial charge in [0.05, 0.1) is 11.8 Å². The van der Waals surface area contributed by atoms with Gasteiger partial charge in [0.25, 0.3) is 0 Å². The highest BCUT2D eigenvalue weighted by atomic mass is 16.5. The topological polar surface area (TPSA) is 65.7 Å². The molecule has 3 rings (SSSR count). The maximum atomic E-state index is 12.0. The monoisotopic (exact) mass is 322 g/mol. The van der Waals surface area contributed by atoms with Crippen LogP contribution in [0.15, 0.2) is 77.4 Å². The molecular weight excluding hydrogens is 308 g/mol. The molecule has 0 saturated heterocycles. The molecule has 120 valence electrons. The van der Waals surface area contributed by atoms with Crippen molar-refractivity contribution < 1.29 is 23.5 Å². The van der Waals surface area contributed by atoms with E-state index in [-0.39, 0.29) is 12.4 Å². The minimum Gasteiger partial charge on any atom is -0.457 e. The van der Waals surface area contributed by atoms with Gasteiger partial charge in [-0.3, -0.25) is 0 Å². The molecule has 0 bridgehead atoms. The average molecular weight is 322 g/mol. The molecule has 1 heterocycles. The second kappa shape index (κ2) is 7.28. The Bertz CT molecular complexity index is 805. The molecule has 0 spiro atoms. The van der Waals surface area contributed by atoms with Crippen LogP contribution in [0.25, 0.3) is 0 Å². The van der Waals surface area contributed by atoms with E-state index in [2.05, 4.69) is 0 Å². The molecule has 24 heavy (non-hydrogen) atoms. The maximum absolute atomic E-state index is 12.0. The lowest BCUT2D eigenvalue weighted by molar-refractivity contribution is 0.0435. The second-order valence-corrected chi connectivity index (χ2v) is 4.95. The molecule has 0 aliphatic rings. The fourth-order valence-electron chi connectivity index (χ4n) is 2.01. The van der Waals surface area contributed by atoms with Crippen LogP contribution in [0.5, 0.6) is 5.75 Å². The van der Waals surface area contributed by atoms with Crippen molar-refractivity contribution in [1.82, 2.24) is 0 Å². The van der Waals surface area contributed by atoms with Gasteiger partial charge in [-0.05, 0) is 42.0 Å². The van der Waals surface area contributed by atoms with Crippen LogP contribution < -0.4 is 4.74 Å². The largest absolute Gasteiger partial charge is 0.457 e. The molecule has 5 nitrogen and oxygen atoms in total. The zero-order valence-electron chi connectivity index (χ0n) is 12.7. The predicted molar refractivity (Wildman–Crippen MR) is 85.7 cm³/mol. The Morgan fingerprint density at radius 2 is 1.58 bits per heavy atom. The first-order valence-electron chi connectivity index (χ1n) is 7.29. The molecule has 0 unspecified atom stereocenters. The summed E-state index contributed by atoms with van der Waals surface area (Å²) >= 11 is 0. The van der Waals surface area contributed by atoms with Crippen molar-refractivity contribution in [3.05, 3.63) is 89.9 Å². The fraction of sp³-hybridized carbons (Fsp3) is 0.0526. The van der Waals surface area contributed by atoms with Crippen LogP contribution in [0.4, 0.5) is 0 Å². The molecule has 0 saturated carbocycles. The maximum Gasteiger partial charge on any atom is 0.374 e. The molecule has 0 atom stereocenters. The van der Waals surface area contributed by atoms with Crippen LogP contribution in [-0.2, 0) is 11.3 Å². The van der Waals surface area contributed by atoms with Crippen LogP contribution in [0, 0.1) is 0 Å². The van der Waals surface area contributed by atoms with E-state index in [4.69, 9.17) is 13.9 Å². The molecular formula is C19H14O5. The van der Waals surface area contributed by atoms with Crippen LogP contribution >= 0.6 is 0 Å². The summed E-state index contributed by atoms with van der Waals surface area (Å²) in [5.41, 5.74) is 1.17. The van der Waals surface area contributed by atoms with Gasteiger partial charge in [-0.25, -0.2) is 9.59 Å². The van der Waals surface area contributed by atoms with Crippen molar-refractivity contribution in [2.24, 2.45) is 0 Å². The molecule has 1 aromatic heterocycles. The zero-order valence-corrected chi connectivity index (χ0v) is 12.7. The standard InChI is InChI=1S/C19H14O5/c20-18(24-16-5-2-1-3-6-16)15-10-8-14(9-11-15)13-23-19(21)17-7-4-12-22-17/h1-12H,13H2. The highest BCUT2D eigenvalue weighted by molar-refractivity contribution is 5.91. The van der Waals surface area contributed by atoms with Crippen molar-refractivity contribution in [2.45, 2.75) is 6.61 Å². The number of hydrogen-bond acceptors (Lipinski definition) is 5. The molecule has 0 aliphatic carbocycles. The van der Waals surface area contributed by atoms with E-state index in [0.717, 1.165) is 5.56 Å². The minimum absolute atomic E-state index is 0.0908. The summed E-state index contributed by atoms with van der Waals surface area (Å²) in [5, 5.41) is 0. The third-order valence-electron chi connectivity index (χ3n) is 3.24.